The van der Waals surface area contributed by atoms with Gasteiger partial charge in [0.05, 0.1) is 5.92 Å². The first kappa shape index (κ1) is 15.5. The molecule has 0 heterocycles. The Kier molecular flexibility index (Phi) is 4.96. The largest absolute Gasteiger partial charge is 0.508 e. The molecule has 0 aromatic heterocycles. The highest BCUT2D eigenvalue weighted by Gasteiger charge is 2.22. The topological polar surface area (TPSA) is 63.4 Å². The molecule has 1 unspecified atom stereocenters. The van der Waals surface area contributed by atoms with Gasteiger partial charge < -0.3 is 5.11 Å². The molecule has 0 bridgehead atoms. The number of halogens is 1. The third-order valence-electron chi connectivity index (χ3n) is 3.40. The van der Waals surface area contributed by atoms with Gasteiger partial charge >= 0.3 is 0 Å². The number of benzene rings is 2. The number of hydrogen-bond donors (Lipinski definition) is 1. The highest BCUT2D eigenvalue weighted by molar-refractivity contribution is 9.10. The highest BCUT2D eigenvalue weighted by atomic mass is 79.9. The van der Waals surface area contributed by atoms with Gasteiger partial charge in [-0.3, -0.25) is 10.1 Å². The van der Waals surface area contributed by atoms with E-state index in [-0.39, 0.29) is 23.1 Å². The van der Waals surface area contributed by atoms with Gasteiger partial charge in [-0.15, -0.1) is 0 Å². The molecule has 2 aromatic rings. The fourth-order valence-corrected chi connectivity index (χ4v) is 2.69. The summed E-state index contributed by atoms with van der Waals surface area (Å²) in [7, 11) is 0. The number of phenolic OH excluding ortho intramolecular Hbond substituents is 1. The van der Waals surface area contributed by atoms with E-state index in [0.29, 0.717) is 12.0 Å². The second-order valence-electron chi connectivity index (χ2n) is 5.11. The summed E-state index contributed by atoms with van der Waals surface area (Å²) in [6.07, 6.45) is 0.519. The van der Waals surface area contributed by atoms with Crippen LogP contribution in [0.2, 0.25) is 0 Å². The molecule has 2 rings (SSSR count). The second kappa shape index (κ2) is 6.72. The summed E-state index contributed by atoms with van der Waals surface area (Å²) >= 11 is 3.34. The van der Waals surface area contributed by atoms with Crippen LogP contribution in [0.15, 0.2) is 46.9 Å². The number of phenols is 1. The maximum Gasteiger partial charge on any atom is 0.211 e. The van der Waals surface area contributed by atoms with Crippen molar-refractivity contribution in [2.75, 3.05) is 6.54 Å². The Balaban J connectivity index is 2.31. The average molecular weight is 350 g/mol. The van der Waals surface area contributed by atoms with Crippen molar-refractivity contribution in [2.24, 2.45) is 0 Å². The Morgan fingerprint density at radius 2 is 1.90 bits per heavy atom. The van der Waals surface area contributed by atoms with Gasteiger partial charge in [-0.05, 0) is 37.1 Å². The Morgan fingerprint density at radius 1 is 1.24 bits per heavy atom. The SMILES string of the molecule is Cc1ccc(CC(C[N+](=O)[O-])c2cc(Br)ccc2O)cc1. The molecule has 4 nitrogen and oxygen atoms in total. The number of rotatable bonds is 5. The van der Waals surface area contributed by atoms with Crippen molar-refractivity contribution >= 4 is 15.9 Å². The Hall–Kier alpha value is -1.88. The maximum atomic E-state index is 10.9. The van der Waals surface area contributed by atoms with E-state index in [0.717, 1.165) is 15.6 Å². The van der Waals surface area contributed by atoms with Gasteiger partial charge in [-0.25, -0.2) is 0 Å². The van der Waals surface area contributed by atoms with Gasteiger partial charge in [-0.1, -0.05) is 45.8 Å². The summed E-state index contributed by atoms with van der Waals surface area (Å²) in [5.74, 6) is -0.266. The minimum atomic E-state index is -0.361. The first-order valence-corrected chi connectivity index (χ1v) is 7.41. The van der Waals surface area contributed by atoms with Gasteiger partial charge in [0.2, 0.25) is 6.54 Å². The molecule has 0 saturated heterocycles. The van der Waals surface area contributed by atoms with Crippen LogP contribution in [0.1, 0.15) is 22.6 Å². The lowest BCUT2D eigenvalue weighted by Crippen LogP contribution is -2.15. The maximum absolute atomic E-state index is 10.9. The average Bonchev–Trinajstić information content (AvgIpc) is 2.43. The normalized spacial score (nSPS) is 12.1. The monoisotopic (exact) mass is 349 g/mol. The molecule has 0 aliphatic heterocycles. The van der Waals surface area contributed by atoms with Gasteiger partial charge in [0.15, 0.2) is 0 Å². The Labute approximate surface area is 131 Å². The molecule has 1 N–H and O–H groups in total. The molecule has 0 fully saturated rings. The lowest BCUT2D eigenvalue weighted by atomic mass is 9.91. The van der Waals surface area contributed by atoms with E-state index in [1.165, 1.54) is 0 Å². The molecular weight excluding hydrogens is 334 g/mol. The fraction of sp³-hybridized carbons (Fsp3) is 0.250. The zero-order valence-corrected chi connectivity index (χ0v) is 13.2. The zero-order chi connectivity index (χ0) is 15.4. The second-order valence-corrected chi connectivity index (χ2v) is 6.02. The van der Waals surface area contributed by atoms with E-state index in [4.69, 9.17) is 0 Å². The lowest BCUT2D eigenvalue weighted by Gasteiger charge is -2.15. The third kappa shape index (κ3) is 4.29. The quantitative estimate of drug-likeness (QED) is 0.653. The summed E-state index contributed by atoms with van der Waals surface area (Å²) in [5.41, 5.74) is 2.77. The van der Waals surface area contributed by atoms with E-state index >= 15 is 0 Å². The predicted octanol–water partition coefficient (Wildman–Crippen LogP) is 4.07. The van der Waals surface area contributed by atoms with E-state index in [1.54, 1.807) is 18.2 Å². The van der Waals surface area contributed by atoms with E-state index < -0.39 is 0 Å². The Bertz CT molecular complexity index is 640. The van der Waals surface area contributed by atoms with Crippen molar-refractivity contribution in [2.45, 2.75) is 19.3 Å². The van der Waals surface area contributed by atoms with E-state index in [1.807, 2.05) is 31.2 Å². The van der Waals surface area contributed by atoms with Crippen molar-refractivity contribution in [3.63, 3.8) is 0 Å². The van der Waals surface area contributed by atoms with E-state index in [9.17, 15) is 15.2 Å². The van der Waals surface area contributed by atoms with Crippen LogP contribution in [0.5, 0.6) is 5.75 Å². The predicted molar refractivity (Wildman–Crippen MR) is 85.3 cm³/mol. The van der Waals surface area contributed by atoms with Crippen molar-refractivity contribution < 1.29 is 10.0 Å². The first-order valence-electron chi connectivity index (χ1n) is 6.61. The van der Waals surface area contributed by atoms with Crippen LogP contribution < -0.4 is 0 Å². The molecule has 5 heteroatoms. The van der Waals surface area contributed by atoms with Crippen LogP contribution in [0.3, 0.4) is 0 Å². The van der Waals surface area contributed by atoms with Crippen LogP contribution >= 0.6 is 15.9 Å². The molecular formula is C16H16BrNO3. The summed E-state index contributed by atoms with van der Waals surface area (Å²) in [5, 5.41) is 20.9. The van der Waals surface area contributed by atoms with Crippen molar-refractivity contribution in [3.05, 3.63) is 73.7 Å². The van der Waals surface area contributed by atoms with Gasteiger partial charge in [0, 0.05) is 15.0 Å². The zero-order valence-electron chi connectivity index (χ0n) is 11.6. The van der Waals surface area contributed by atoms with Crippen molar-refractivity contribution in [3.8, 4) is 5.75 Å². The lowest BCUT2D eigenvalue weighted by molar-refractivity contribution is -0.483. The standard InChI is InChI=1S/C16H16BrNO3/c1-11-2-4-12(5-3-11)8-13(10-18(20)21)15-9-14(17)6-7-16(15)19/h2-7,9,13,19H,8,10H2,1H3. The molecule has 2 aromatic carbocycles. The summed E-state index contributed by atoms with van der Waals surface area (Å²) in [6.45, 7) is 1.79. The summed E-state index contributed by atoms with van der Waals surface area (Å²) < 4.78 is 0.799. The van der Waals surface area contributed by atoms with Crippen LogP contribution in [0.4, 0.5) is 0 Å². The third-order valence-corrected chi connectivity index (χ3v) is 3.89. The highest BCUT2D eigenvalue weighted by Crippen LogP contribution is 2.31. The summed E-state index contributed by atoms with van der Waals surface area (Å²) in [6, 6.07) is 12.9. The van der Waals surface area contributed by atoms with Crippen molar-refractivity contribution in [1.29, 1.82) is 0 Å². The first-order chi connectivity index (χ1) is 9.95. The minimum absolute atomic E-state index is 0.0946. The van der Waals surface area contributed by atoms with Crippen LogP contribution in [-0.2, 0) is 6.42 Å². The van der Waals surface area contributed by atoms with Crippen molar-refractivity contribution in [1.82, 2.24) is 0 Å². The summed E-state index contributed by atoms with van der Waals surface area (Å²) in [4.78, 5) is 10.6. The molecule has 0 amide bonds. The van der Waals surface area contributed by atoms with Gasteiger partial charge in [-0.2, -0.15) is 0 Å². The molecule has 0 radical (unpaired) electrons. The molecule has 0 aliphatic rings. The van der Waals surface area contributed by atoms with Crippen LogP contribution in [0, 0.1) is 17.0 Å². The van der Waals surface area contributed by atoms with Gasteiger partial charge in [0.25, 0.3) is 0 Å². The smallest absolute Gasteiger partial charge is 0.211 e. The molecule has 0 saturated carbocycles. The molecule has 110 valence electrons. The number of hydrogen-bond acceptors (Lipinski definition) is 3. The van der Waals surface area contributed by atoms with Crippen LogP contribution in [0.25, 0.3) is 0 Å². The number of nitrogens with zero attached hydrogens (tertiary/aromatic N) is 1. The number of nitro groups is 1. The number of aromatic hydroxyl groups is 1. The molecule has 0 aliphatic carbocycles. The fourth-order valence-electron chi connectivity index (χ4n) is 2.31. The van der Waals surface area contributed by atoms with Crippen LogP contribution in [-0.4, -0.2) is 16.6 Å². The molecule has 21 heavy (non-hydrogen) atoms. The Morgan fingerprint density at radius 3 is 2.52 bits per heavy atom. The molecule has 0 spiro atoms. The van der Waals surface area contributed by atoms with E-state index in [2.05, 4.69) is 15.9 Å². The minimum Gasteiger partial charge on any atom is -0.508 e. The molecule has 1 atom stereocenters. The van der Waals surface area contributed by atoms with Gasteiger partial charge in [0.1, 0.15) is 5.75 Å². The number of aryl methyl sites for hydroxylation is 1.